The van der Waals surface area contributed by atoms with Crippen LogP contribution >= 0.6 is 14.5 Å². The van der Waals surface area contributed by atoms with Crippen molar-refractivity contribution in [2.75, 3.05) is 30.5 Å². The summed E-state index contributed by atoms with van der Waals surface area (Å²) in [6.45, 7) is 7.33. The molecule has 3 fully saturated rings. The molecule has 3 saturated heterocycles. The number of phosphoric ester groups is 1. The standard InChI is InChI=1S/C40H50FN11O13P2SSi/c1-21(2)34(53)49-39-48-33-27(36(55)50-39)46-20-52(33)38-30-29(65-69(6,7)40(3,4)5)24(62-38)16-59-66(56,57)63-28-23(17-60-67(68,64-30)58-15-11-14-42)61-37(25(28)41)51-19-45-26-31(43-18-44-32(26)51)47-35(54)22-12-9-8-10-13-22/h8-10,12-13,18-21,23-25,28-30,37-38H,11,15-17H2,1-7H3,(H,56,57)(H,43,44,47,54)(H2,48,49,50,53,55)/t23-,24-,25-,28-,29-,30-,37-,38-,67?/m1/s1. The van der Waals surface area contributed by atoms with E-state index in [0.717, 1.165) is 6.33 Å². The van der Waals surface area contributed by atoms with Crippen molar-refractivity contribution in [3.63, 3.8) is 0 Å². The van der Waals surface area contributed by atoms with Gasteiger partial charge in [0.05, 0.1) is 45.0 Å². The molecular formula is C40H50FN11O13P2SSi. The molecule has 69 heavy (non-hydrogen) atoms. The minimum absolute atomic E-state index is 0.0133. The van der Waals surface area contributed by atoms with Crippen LogP contribution in [-0.2, 0) is 57.7 Å². The lowest BCUT2D eigenvalue weighted by molar-refractivity contribution is -0.118. The van der Waals surface area contributed by atoms with Gasteiger partial charge < -0.3 is 33.2 Å². The molecule has 2 amide bonds. The number of carbonyl (C=O) groups is 2. The fourth-order valence-electron chi connectivity index (χ4n) is 7.31. The fraction of sp³-hybridized carbons (Fsp3) is 0.525. The van der Waals surface area contributed by atoms with Crippen molar-refractivity contribution in [1.29, 1.82) is 5.26 Å². The second-order valence-electron chi connectivity index (χ2n) is 18.1. The van der Waals surface area contributed by atoms with Crippen molar-refractivity contribution in [1.82, 2.24) is 39.0 Å². The van der Waals surface area contributed by atoms with Crippen molar-refractivity contribution in [3.05, 3.63) is 65.2 Å². The lowest BCUT2D eigenvalue weighted by atomic mass is 10.1. The quantitative estimate of drug-likeness (QED) is 0.0731. The van der Waals surface area contributed by atoms with Gasteiger partial charge in [-0.2, -0.15) is 10.2 Å². The Bertz CT molecular complexity index is 2930. The highest BCUT2D eigenvalue weighted by molar-refractivity contribution is 8.07. The van der Waals surface area contributed by atoms with Gasteiger partial charge >= 0.3 is 14.5 Å². The summed E-state index contributed by atoms with van der Waals surface area (Å²) in [6, 6.07) is 10.3. The molecule has 8 rings (SSSR count). The van der Waals surface area contributed by atoms with E-state index >= 15 is 4.39 Å². The SMILES string of the molecule is CC(C)C(=O)Nc1nc2c(ncn2[C@@H]2O[C@@H]3COP(=O)(O)O[C@H]4[C@@H](F)[C@H](n5cnc6c(NC(=O)c7ccccc7)ncnc65)O[C@@H]4COP(=S)(OCCC#N)O[C@@H]2[C@@H]3O[Si](C)(C)C(C)(C)C)c(=O)[nH]1. The van der Waals surface area contributed by atoms with E-state index in [0.29, 0.717) is 5.56 Å². The van der Waals surface area contributed by atoms with Gasteiger partial charge in [-0.3, -0.25) is 47.4 Å². The summed E-state index contributed by atoms with van der Waals surface area (Å²) >= 11 is 6.04. The van der Waals surface area contributed by atoms with Crippen LogP contribution in [0.2, 0.25) is 18.1 Å². The smallest absolute Gasteiger partial charge is 0.408 e. The average Bonchev–Trinajstić information content (AvgIpc) is 4.06. The van der Waals surface area contributed by atoms with Gasteiger partial charge in [0.25, 0.3) is 11.5 Å². The first-order chi connectivity index (χ1) is 32.6. The zero-order chi connectivity index (χ0) is 49.6. The molecule has 2 bridgehead atoms. The Kier molecular flexibility index (Phi) is 14.5. The molecule has 0 spiro atoms. The first kappa shape index (κ1) is 50.6. The lowest BCUT2D eigenvalue weighted by Gasteiger charge is -2.41. The molecule has 7 heterocycles. The van der Waals surface area contributed by atoms with Crippen molar-refractivity contribution < 1.29 is 60.0 Å². The van der Waals surface area contributed by atoms with Gasteiger partial charge in [0.15, 0.2) is 55.1 Å². The van der Waals surface area contributed by atoms with E-state index in [1.54, 1.807) is 44.2 Å². The number of ether oxygens (including phenoxy) is 2. The summed E-state index contributed by atoms with van der Waals surface area (Å²) in [5.74, 6) is -1.57. The fourth-order valence-corrected chi connectivity index (χ4v) is 11.7. The summed E-state index contributed by atoms with van der Waals surface area (Å²) in [5.41, 5.74) is -0.465. The van der Waals surface area contributed by atoms with Gasteiger partial charge in [-0.1, -0.05) is 52.8 Å². The molecule has 370 valence electrons. The van der Waals surface area contributed by atoms with Crippen molar-refractivity contribution >= 4 is 80.6 Å². The van der Waals surface area contributed by atoms with E-state index in [4.69, 9.17) is 48.3 Å². The minimum atomic E-state index is -5.25. The first-order valence-corrected chi connectivity index (χ1v) is 28.6. The van der Waals surface area contributed by atoms with Crippen LogP contribution in [-0.4, -0.2) is 121 Å². The molecule has 0 aliphatic carbocycles. The molecule has 2 unspecified atom stereocenters. The number of nitrogens with one attached hydrogen (secondary N) is 3. The number of imidazole rings is 2. The largest absolute Gasteiger partial charge is 0.472 e. The number of nitrogens with zero attached hydrogens (tertiary/aromatic N) is 8. The van der Waals surface area contributed by atoms with Crippen molar-refractivity contribution in [2.24, 2.45) is 5.92 Å². The number of aromatic amines is 1. The number of amides is 2. The highest BCUT2D eigenvalue weighted by Gasteiger charge is 2.56. The Labute approximate surface area is 399 Å². The maximum Gasteiger partial charge on any atom is 0.472 e. The van der Waals surface area contributed by atoms with Crippen LogP contribution in [0, 0.1) is 17.2 Å². The van der Waals surface area contributed by atoms with Gasteiger partial charge in [-0.25, -0.2) is 28.9 Å². The van der Waals surface area contributed by atoms with Gasteiger partial charge in [-0.05, 0) is 42.1 Å². The van der Waals surface area contributed by atoms with E-state index in [2.05, 4.69) is 40.5 Å². The number of benzene rings is 1. The molecule has 4 N–H and O–H groups in total. The summed E-state index contributed by atoms with van der Waals surface area (Å²) in [5, 5.41) is 14.3. The van der Waals surface area contributed by atoms with Gasteiger partial charge in [0.2, 0.25) is 11.9 Å². The van der Waals surface area contributed by atoms with Crippen LogP contribution in [0.1, 0.15) is 63.9 Å². The summed E-state index contributed by atoms with van der Waals surface area (Å²) in [4.78, 5) is 74.4. The van der Waals surface area contributed by atoms with Crippen LogP contribution in [0.4, 0.5) is 16.2 Å². The number of aromatic nitrogens is 8. The van der Waals surface area contributed by atoms with Crippen LogP contribution in [0.15, 0.2) is 54.1 Å². The Morgan fingerprint density at radius 1 is 1.00 bits per heavy atom. The number of hydrogen-bond donors (Lipinski definition) is 4. The highest BCUT2D eigenvalue weighted by atomic mass is 32.5. The molecule has 24 nitrogen and oxygen atoms in total. The van der Waals surface area contributed by atoms with Gasteiger partial charge in [0.1, 0.15) is 36.8 Å². The maximum absolute atomic E-state index is 17.0. The number of halogens is 1. The second-order valence-corrected chi connectivity index (χ2v) is 27.2. The van der Waals surface area contributed by atoms with E-state index in [-0.39, 0.29) is 47.1 Å². The number of phosphoric acid groups is 1. The van der Waals surface area contributed by atoms with E-state index in [9.17, 15) is 29.1 Å². The third-order valence-corrected chi connectivity index (χ3v) is 19.7. The van der Waals surface area contributed by atoms with Crippen LogP contribution in [0.25, 0.3) is 22.3 Å². The zero-order valence-corrected chi connectivity index (χ0v) is 41.9. The molecule has 29 heteroatoms. The number of nitriles is 1. The maximum atomic E-state index is 17.0. The van der Waals surface area contributed by atoms with E-state index < -0.39 is 114 Å². The number of fused-ring (bicyclic) bond motifs is 5. The topological polar surface area (TPSA) is 300 Å². The molecule has 0 saturated carbocycles. The van der Waals surface area contributed by atoms with Crippen LogP contribution in [0.5, 0.6) is 0 Å². The summed E-state index contributed by atoms with van der Waals surface area (Å²) < 4.78 is 83.6. The number of hydrogen-bond acceptors (Lipinski definition) is 19. The van der Waals surface area contributed by atoms with Crippen LogP contribution < -0.4 is 16.2 Å². The number of rotatable bonds is 11. The molecule has 3 aliphatic rings. The molecule has 4 aromatic heterocycles. The number of H-pyrrole nitrogens is 1. The molecule has 3 aliphatic heterocycles. The number of carbonyl (C=O) groups excluding carboxylic acids is 2. The van der Waals surface area contributed by atoms with Crippen LogP contribution in [0.3, 0.4) is 0 Å². The summed E-state index contributed by atoms with van der Waals surface area (Å²) in [6.07, 6.45) is -9.00. The lowest BCUT2D eigenvalue weighted by Crippen LogP contribution is -2.50. The normalized spacial score (nSPS) is 28.9. The predicted octanol–water partition coefficient (Wildman–Crippen LogP) is 5.40. The highest BCUT2D eigenvalue weighted by Crippen LogP contribution is 2.58. The average molecular weight is 1030 g/mol. The zero-order valence-electron chi connectivity index (χ0n) is 38.2. The van der Waals surface area contributed by atoms with E-state index in [1.165, 1.54) is 21.8 Å². The predicted molar refractivity (Wildman–Crippen MR) is 248 cm³/mol. The Balaban J connectivity index is 1.17. The molecule has 1 aromatic carbocycles. The first-order valence-electron chi connectivity index (χ1n) is 21.6. The number of anilines is 2. The third kappa shape index (κ3) is 10.6. The molecule has 0 radical (unpaired) electrons. The Morgan fingerprint density at radius 2 is 1.68 bits per heavy atom. The minimum Gasteiger partial charge on any atom is -0.408 e. The van der Waals surface area contributed by atoms with Crippen molar-refractivity contribution in [2.45, 2.75) is 108 Å². The van der Waals surface area contributed by atoms with Crippen molar-refractivity contribution in [3.8, 4) is 6.07 Å². The second kappa shape index (κ2) is 19.8. The Morgan fingerprint density at radius 3 is 2.38 bits per heavy atom. The van der Waals surface area contributed by atoms with E-state index in [1.807, 2.05) is 39.9 Å². The monoisotopic (exact) mass is 1030 g/mol. The summed E-state index contributed by atoms with van der Waals surface area (Å²) in [7, 11) is -8.10. The van der Waals surface area contributed by atoms with Gasteiger partial charge in [-0.15, -0.1) is 0 Å². The third-order valence-electron chi connectivity index (χ3n) is 11.9. The Hall–Kier alpha value is -4.78. The molecular weight excluding hydrogens is 984 g/mol. The molecule has 5 aromatic rings. The van der Waals surface area contributed by atoms with Gasteiger partial charge in [0, 0.05) is 11.5 Å². The molecule has 10 atom stereocenters. The number of alkyl halides is 1.